The van der Waals surface area contributed by atoms with E-state index >= 15 is 0 Å². The monoisotopic (exact) mass is 237 g/mol. The van der Waals surface area contributed by atoms with E-state index in [9.17, 15) is 5.26 Å². The van der Waals surface area contributed by atoms with Crippen LogP contribution in [0, 0.1) is 11.3 Å². The van der Waals surface area contributed by atoms with E-state index in [0.717, 1.165) is 53.8 Å². The van der Waals surface area contributed by atoms with Crippen molar-refractivity contribution in [3.8, 4) is 6.07 Å². The molecular weight excluding hydrogens is 222 g/mol. The van der Waals surface area contributed by atoms with Crippen LogP contribution in [0.25, 0.3) is 10.9 Å². The van der Waals surface area contributed by atoms with Crippen molar-refractivity contribution >= 4 is 10.9 Å². The lowest BCUT2D eigenvalue weighted by Crippen LogP contribution is -2.31. The average molecular weight is 237 g/mol. The van der Waals surface area contributed by atoms with Gasteiger partial charge >= 0.3 is 0 Å². The zero-order chi connectivity index (χ0) is 12.5. The zero-order valence-electron chi connectivity index (χ0n) is 10.5. The van der Waals surface area contributed by atoms with Gasteiger partial charge in [-0.05, 0) is 12.6 Å². The fraction of sp³-hybridized carbons (Fsp3) is 0.333. The van der Waals surface area contributed by atoms with Gasteiger partial charge in [-0.3, -0.25) is 9.88 Å². The minimum Gasteiger partial charge on any atom is -0.299 e. The number of para-hydroxylation sites is 1. The topological polar surface area (TPSA) is 39.9 Å². The quantitative estimate of drug-likeness (QED) is 0.765. The van der Waals surface area contributed by atoms with Crippen LogP contribution < -0.4 is 0 Å². The van der Waals surface area contributed by atoms with Gasteiger partial charge in [0.25, 0.3) is 0 Å². The second-order valence-electron chi connectivity index (χ2n) is 4.66. The smallest absolute Gasteiger partial charge is 0.100 e. The second-order valence-corrected chi connectivity index (χ2v) is 4.66. The largest absolute Gasteiger partial charge is 0.299 e. The summed E-state index contributed by atoms with van der Waals surface area (Å²) >= 11 is 0. The third kappa shape index (κ3) is 1.66. The summed E-state index contributed by atoms with van der Waals surface area (Å²) in [6.45, 7) is 5.08. The van der Waals surface area contributed by atoms with Gasteiger partial charge in [-0.1, -0.05) is 25.1 Å². The van der Waals surface area contributed by atoms with Gasteiger partial charge in [0.05, 0.1) is 11.1 Å². The molecule has 0 unspecified atom stereocenters. The Hall–Kier alpha value is -1.92. The molecule has 1 aliphatic heterocycles. The van der Waals surface area contributed by atoms with Crippen molar-refractivity contribution in [3.63, 3.8) is 0 Å². The molecule has 0 atom stereocenters. The summed E-state index contributed by atoms with van der Waals surface area (Å²) in [6.07, 6.45) is 0.947. The van der Waals surface area contributed by atoms with E-state index in [2.05, 4.69) is 17.9 Å². The molecule has 0 bridgehead atoms. The van der Waals surface area contributed by atoms with Crippen LogP contribution in [0.3, 0.4) is 0 Å². The highest BCUT2D eigenvalue weighted by atomic mass is 15.1. The van der Waals surface area contributed by atoms with Crippen molar-refractivity contribution in [2.45, 2.75) is 19.9 Å². The Morgan fingerprint density at radius 2 is 2.22 bits per heavy atom. The molecule has 3 nitrogen and oxygen atoms in total. The highest BCUT2D eigenvalue weighted by Crippen LogP contribution is 2.27. The number of hydrogen-bond acceptors (Lipinski definition) is 3. The number of aromatic nitrogens is 1. The number of hydrogen-bond donors (Lipinski definition) is 0. The molecule has 2 aromatic rings. The minimum absolute atomic E-state index is 0.814. The summed E-state index contributed by atoms with van der Waals surface area (Å²) in [4.78, 5) is 7.08. The van der Waals surface area contributed by atoms with Crippen LogP contribution in [0.15, 0.2) is 24.3 Å². The number of benzene rings is 1. The molecule has 1 aromatic carbocycles. The fourth-order valence-corrected chi connectivity index (χ4v) is 2.64. The van der Waals surface area contributed by atoms with Gasteiger partial charge in [-0.25, -0.2) is 0 Å². The van der Waals surface area contributed by atoms with Gasteiger partial charge in [0.1, 0.15) is 6.07 Å². The predicted molar refractivity (Wildman–Crippen MR) is 71.1 cm³/mol. The maximum absolute atomic E-state index is 9.45. The van der Waals surface area contributed by atoms with Crippen LogP contribution in [0.2, 0.25) is 0 Å². The van der Waals surface area contributed by atoms with Crippen molar-refractivity contribution in [2.75, 3.05) is 13.1 Å². The highest BCUT2D eigenvalue weighted by molar-refractivity contribution is 5.86. The van der Waals surface area contributed by atoms with E-state index in [0.29, 0.717) is 0 Å². The zero-order valence-corrected chi connectivity index (χ0v) is 10.5. The van der Waals surface area contributed by atoms with E-state index in [1.165, 1.54) is 0 Å². The van der Waals surface area contributed by atoms with E-state index in [4.69, 9.17) is 4.98 Å². The number of likely N-dealkylation sites (N-methyl/N-ethyl adjacent to an activating group) is 1. The molecule has 0 N–H and O–H groups in total. The van der Waals surface area contributed by atoms with Crippen molar-refractivity contribution in [1.29, 1.82) is 5.26 Å². The summed E-state index contributed by atoms with van der Waals surface area (Å²) in [5.41, 5.74) is 3.99. The van der Waals surface area contributed by atoms with Crippen LogP contribution in [-0.2, 0) is 13.0 Å². The van der Waals surface area contributed by atoms with E-state index in [1.807, 2.05) is 24.3 Å². The molecule has 0 radical (unpaired) electrons. The van der Waals surface area contributed by atoms with E-state index in [1.54, 1.807) is 0 Å². The summed E-state index contributed by atoms with van der Waals surface area (Å²) in [5, 5.41) is 10.4. The number of fused-ring (bicyclic) bond motifs is 2. The summed E-state index contributed by atoms with van der Waals surface area (Å²) < 4.78 is 0. The van der Waals surface area contributed by atoms with Gasteiger partial charge in [-0.15, -0.1) is 0 Å². The van der Waals surface area contributed by atoms with Crippen molar-refractivity contribution in [2.24, 2.45) is 0 Å². The van der Waals surface area contributed by atoms with Gasteiger partial charge in [-0.2, -0.15) is 5.26 Å². The Morgan fingerprint density at radius 1 is 1.39 bits per heavy atom. The first kappa shape index (κ1) is 11.2. The molecule has 90 valence electrons. The third-order valence-corrected chi connectivity index (χ3v) is 3.68. The fourth-order valence-electron chi connectivity index (χ4n) is 2.64. The van der Waals surface area contributed by atoms with Gasteiger partial charge in [0.2, 0.25) is 0 Å². The number of nitriles is 1. The molecule has 1 aromatic heterocycles. The Labute approximate surface area is 107 Å². The molecule has 3 heteroatoms. The predicted octanol–water partition coefficient (Wildman–Crippen LogP) is 2.48. The Kier molecular flexibility index (Phi) is 2.73. The highest BCUT2D eigenvalue weighted by Gasteiger charge is 2.21. The molecular formula is C15H15N3. The molecule has 1 aliphatic rings. The average Bonchev–Trinajstić information content (AvgIpc) is 2.44. The van der Waals surface area contributed by atoms with Crippen LogP contribution >= 0.6 is 0 Å². The van der Waals surface area contributed by atoms with Crippen LogP contribution in [-0.4, -0.2) is 23.0 Å². The molecule has 2 heterocycles. The molecule has 0 spiro atoms. The van der Waals surface area contributed by atoms with Gasteiger partial charge < -0.3 is 0 Å². The molecule has 0 fully saturated rings. The Morgan fingerprint density at radius 3 is 3.00 bits per heavy atom. The number of rotatable bonds is 1. The molecule has 18 heavy (non-hydrogen) atoms. The van der Waals surface area contributed by atoms with Crippen molar-refractivity contribution in [1.82, 2.24) is 9.88 Å². The standard InChI is InChI=1S/C15H15N3/c1-2-18-8-7-15-13(10-18)12(9-16)11-5-3-4-6-14(11)17-15/h3-6H,2,7-8,10H2,1H3. The van der Waals surface area contributed by atoms with Crippen molar-refractivity contribution < 1.29 is 0 Å². The van der Waals surface area contributed by atoms with Crippen molar-refractivity contribution in [3.05, 3.63) is 41.1 Å². The maximum atomic E-state index is 9.45. The minimum atomic E-state index is 0.814. The Balaban J connectivity index is 2.26. The van der Waals surface area contributed by atoms with Crippen LogP contribution in [0.5, 0.6) is 0 Å². The summed E-state index contributed by atoms with van der Waals surface area (Å²) in [6, 6.07) is 10.3. The Bertz CT molecular complexity index is 640. The second kappa shape index (κ2) is 4.40. The molecule has 0 amide bonds. The van der Waals surface area contributed by atoms with Gasteiger partial charge in [0, 0.05) is 36.2 Å². The number of nitrogens with zero attached hydrogens (tertiary/aromatic N) is 3. The first-order valence-corrected chi connectivity index (χ1v) is 6.36. The summed E-state index contributed by atoms with van der Waals surface area (Å²) in [7, 11) is 0. The first-order valence-electron chi connectivity index (χ1n) is 6.36. The lowest BCUT2D eigenvalue weighted by atomic mass is 9.96. The molecule has 3 rings (SSSR count). The number of pyridine rings is 1. The van der Waals surface area contributed by atoms with E-state index in [-0.39, 0.29) is 0 Å². The lowest BCUT2D eigenvalue weighted by Gasteiger charge is -2.27. The first-order chi connectivity index (χ1) is 8.83. The molecule has 0 aliphatic carbocycles. The van der Waals surface area contributed by atoms with Crippen LogP contribution in [0.1, 0.15) is 23.7 Å². The summed E-state index contributed by atoms with van der Waals surface area (Å²) in [5.74, 6) is 0. The molecule has 0 saturated carbocycles. The third-order valence-electron chi connectivity index (χ3n) is 3.68. The lowest BCUT2D eigenvalue weighted by molar-refractivity contribution is 0.266. The maximum Gasteiger partial charge on any atom is 0.100 e. The van der Waals surface area contributed by atoms with Crippen LogP contribution in [0.4, 0.5) is 0 Å². The van der Waals surface area contributed by atoms with Gasteiger partial charge in [0.15, 0.2) is 0 Å². The van der Waals surface area contributed by atoms with E-state index < -0.39 is 0 Å². The molecule has 0 saturated heterocycles. The SMILES string of the molecule is CCN1CCc2nc3ccccc3c(C#N)c2C1. The normalized spacial score (nSPS) is 15.3.